The van der Waals surface area contributed by atoms with Crippen molar-refractivity contribution >= 4 is 32.6 Å². The number of fused-ring (bicyclic) bond motifs is 1. The first-order valence-corrected chi connectivity index (χ1v) is 13.0. The summed E-state index contributed by atoms with van der Waals surface area (Å²) in [4.78, 5) is 20.7. The van der Waals surface area contributed by atoms with Crippen LogP contribution in [0.2, 0.25) is 0 Å². The lowest BCUT2D eigenvalue weighted by Gasteiger charge is -2.26. The second-order valence-corrected chi connectivity index (χ2v) is 10.7. The van der Waals surface area contributed by atoms with E-state index in [0.717, 1.165) is 5.39 Å². The number of nitrogens with one attached hydrogen (secondary N) is 1. The summed E-state index contributed by atoms with van der Waals surface area (Å²) in [6.07, 6.45) is 4.99. The third-order valence-electron chi connectivity index (χ3n) is 4.93. The van der Waals surface area contributed by atoms with Gasteiger partial charge >= 0.3 is 16.2 Å². The van der Waals surface area contributed by atoms with Gasteiger partial charge in [0.2, 0.25) is 5.88 Å². The van der Waals surface area contributed by atoms with Gasteiger partial charge in [0.15, 0.2) is 11.5 Å². The van der Waals surface area contributed by atoms with Crippen LogP contribution in [-0.2, 0) is 15.0 Å². The molecule has 0 unspecified atom stereocenters. The molecule has 1 aromatic carbocycles. The molecule has 3 rings (SSSR count). The van der Waals surface area contributed by atoms with Gasteiger partial charge in [-0.1, -0.05) is 40.7 Å². The number of pyridine rings is 2. The second-order valence-electron chi connectivity index (χ2n) is 8.99. The van der Waals surface area contributed by atoms with Crippen molar-refractivity contribution in [1.29, 1.82) is 0 Å². The number of carbonyl (C=O) groups is 1. The molecule has 0 aliphatic carbocycles. The van der Waals surface area contributed by atoms with Gasteiger partial charge in [0.05, 0.1) is 5.69 Å². The summed E-state index contributed by atoms with van der Waals surface area (Å²) in [6.45, 7) is 10.2. The predicted molar refractivity (Wildman–Crippen MR) is 136 cm³/mol. The number of hydrogen-bond acceptors (Lipinski definition) is 7. The van der Waals surface area contributed by atoms with E-state index >= 15 is 0 Å². The van der Waals surface area contributed by atoms with E-state index in [9.17, 15) is 13.2 Å². The Bertz CT molecular complexity index is 1260. The van der Waals surface area contributed by atoms with Crippen molar-refractivity contribution in [3.8, 4) is 17.4 Å². The Morgan fingerprint density at radius 3 is 2.43 bits per heavy atom. The Hall–Kier alpha value is -3.24. The third kappa shape index (κ3) is 6.89. The summed E-state index contributed by atoms with van der Waals surface area (Å²) in [5, 5.41) is 1.53. The molecular weight excluding hydrogens is 468 g/mol. The Labute approximate surface area is 206 Å². The van der Waals surface area contributed by atoms with Gasteiger partial charge in [-0.3, -0.25) is 14.5 Å². The van der Waals surface area contributed by atoms with Crippen molar-refractivity contribution in [2.24, 2.45) is 11.8 Å². The van der Waals surface area contributed by atoms with Crippen molar-refractivity contribution in [2.45, 2.75) is 41.0 Å². The predicted octanol–water partition coefficient (Wildman–Crippen LogP) is 5.01. The van der Waals surface area contributed by atoms with E-state index < -0.39 is 16.2 Å². The molecule has 0 amide bonds. The number of esters is 1. The molecule has 0 bridgehead atoms. The molecule has 1 N–H and O–H groups in total. The summed E-state index contributed by atoms with van der Waals surface area (Å²) >= 11 is 0. The highest BCUT2D eigenvalue weighted by molar-refractivity contribution is 7.90. The van der Waals surface area contributed by atoms with Crippen molar-refractivity contribution in [2.75, 3.05) is 17.8 Å². The van der Waals surface area contributed by atoms with Gasteiger partial charge in [-0.15, -0.1) is 0 Å². The molecule has 35 heavy (non-hydrogen) atoms. The van der Waals surface area contributed by atoms with E-state index in [-0.39, 0.29) is 41.3 Å². The summed E-state index contributed by atoms with van der Waals surface area (Å²) < 4.78 is 42.3. The van der Waals surface area contributed by atoms with E-state index in [2.05, 4.69) is 14.7 Å². The number of hydrogen-bond donors (Lipinski definition) is 1. The minimum atomic E-state index is -3.94. The Kier molecular flexibility index (Phi) is 8.63. The van der Waals surface area contributed by atoms with Crippen molar-refractivity contribution < 1.29 is 22.7 Å². The Morgan fingerprint density at radius 2 is 1.77 bits per heavy atom. The molecule has 0 atom stereocenters. The number of carbonyl (C=O) groups excluding carboxylic acids is 1. The minimum Gasteiger partial charge on any atom is -0.434 e. The topological polar surface area (TPSA) is 111 Å². The molecule has 3 aromatic rings. The maximum Gasteiger partial charge on any atom is 0.311 e. The molecule has 0 aliphatic heterocycles. The maximum atomic E-state index is 13.3. The van der Waals surface area contributed by atoms with Crippen LogP contribution in [0.25, 0.3) is 10.8 Å². The van der Waals surface area contributed by atoms with E-state index in [1.54, 1.807) is 49.8 Å². The number of rotatable bonds is 11. The lowest BCUT2D eigenvalue weighted by Crippen LogP contribution is -2.40. The number of aromatic nitrogens is 2. The van der Waals surface area contributed by atoms with Crippen LogP contribution in [0.5, 0.6) is 17.4 Å². The van der Waals surface area contributed by atoms with Crippen LogP contribution >= 0.6 is 0 Å². The quantitative estimate of drug-likeness (QED) is 0.291. The highest BCUT2D eigenvalue weighted by atomic mass is 32.2. The summed E-state index contributed by atoms with van der Waals surface area (Å²) in [7, 11) is -3.94. The van der Waals surface area contributed by atoms with Crippen molar-refractivity contribution in [3.63, 3.8) is 0 Å². The summed E-state index contributed by atoms with van der Waals surface area (Å²) in [6, 6.07) is 8.32. The van der Waals surface area contributed by atoms with E-state index in [1.165, 1.54) is 10.4 Å². The van der Waals surface area contributed by atoms with Crippen LogP contribution in [0.1, 0.15) is 41.0 Å². The van der Waals surface area contributed by atoms with E-state index in [0.29, 0.717) is 18.5 Å². The molecule has 0 saturated carbocycles. The zero-order valence-electron chi connectivity index (χ0n) is 20.7. The van der Waals surface area contributed by atoms with Gasteiger partial charge in [-0.05, 0) is 36.1 Å². The number of nitrogens with zero attached hydrogens (tertiary/aromatic N) is 3. The van der Waals surface area contributed by atoms with Crippen molar-refractivity contribution in [3.05, 3.63) is 48.9 Å². The first-order chi connectivity index (χ1) is 16.6. The number of ether oxygens (including phenoxy) is 2. The minimum absolute atomic E-state index is 0.0233. The number of benzene rings is 1. The van der Waals surface area contributed by atoms with E-state index in [1.807, 2.05) is 27.7 Å². The standard InChI is InChI=1S/C25H32N4O5S/c1-6-23(30)34-24-21(28-35(31,32)29(15-17(2)3)16-18(4)5)8-7-9-22(24)33-25-20-11-12-26-14-19(20)10-13-27-25/h7-14,17-18,28H,6,15-16H2,1-5H3. The normalized spacial score (nSPS) is 11.9. The molecule has 9 nitrogen and oxygen atoms in total. The maximum absolute atomic E-state index is 13.3. The van der Waals surface area contributed by atoms with Gasteiger partial charge in [0, 0.05) is 48.9 Å². The molecule has 2 aromatic heterocycles. The zero-order valence-corrected chi connectivity index (χ0v) is 21.5. The summed E-state index contributed by atoms with van der Waals surface area (Å²) in [5.74, 6) is 0.138. The molecule has 0 radical (unpaired) electrons. The Balaban J connectivity index is 2.03. The lowest BCUT2D eigenvalue weighted by atomic mass is 10.2. The highest BCUT2D eigenvalue weighted by Gasteiger charge is 2.27. The largest absolute Gasteiger partial charge is 0.434 e. The van der Waals surface area contributed by atoms with Gasteiger partial charge in [-0.2, -0.15) is 12.7 Å². The molecule has 10 heteroatoms. The number of para-hydroxylation sites is 1. The van der Waals surface area contributed by atoms with Crippen molar-refractivity contribution in [1.82, 2.24) is 14.3 Å². The fourth-order valence-corrected chi connectivity index (χ4v) is 4.99. The van der Waals surface area contributed by atoms with E-state index in [4.69, 9.17) is 9.47 Å². The van der Waals surface area contributed by atoms with Crippen LogP contribution < -0.4 is 14.2 Å². The molecule has 0 saturated heterocycles. The average molecular weight is 501 g/mol. The van der Waals surface area contributed by atoms with Crippen LogP contribution in [0.15, 0.2) is 48.9 Å². The molecule has 0 fully saturated rings. The fourth-order valence-electron chi connectivity index (χ4n) is 3.43. The van der Waals surface area contributed by atoms with Gasteiger partial charge < -0.3 is 9.47 Å². The second kappa shape index (κ2) is 11.5. The molecule has 0 aliphatic rings. The molecular formula is C25H32N4O5S. The first kappa shape index (κ1) is 26.4. The Morgan fingerprint density at radius 1 is 1.06 bits per heavy atom. The fraction of sp³-hybridized carbons (Fsp3) is 0.400. The highest BCUT2D eigenvalue weighted by Crippen LogP contribution is 2.40. The van der Waals surface area contributed by atoms with Gasteiger partial charge in [0.1, 0.15) is 0 Å². The smallest absolute Gasteiger partial charge is 0.311 e. The molecule has 188 valence electrons. The van der Waals surface area contributed by atoms with Gasteiger partial charge in [0.25, 0.3) is 0 Å². The monoisotopic (exact) mass is 500 g/mol. The van der Waals surface area contributed by atoms with Crippen LogP contribution in [-0.4, -0.2) is 41.7 Å². The third-order valence-corrected chi connectivity index (χ3v) is 6.39. The van der Waals surface area contributed by atoms with Gasteiger partial charge in [-0.25, -0.2) is 4.98 Å². The molecule has 2 heterocycles. The number of anilines is 1. The van der Waals surface area contributed by atoms with Crippen LogP contribution in [0, 0.1) is 11.8 Å². The molecule has 0 spiro atoms. The zero-order chi connectivity index (χ0) is 25.6. The summed E-state index contributed by atoms with van der Waals surface area (Å²) in [5.41, 5.74) is 0.101. The average Bonchev–Trinajstić information content (AvgIpc) is 2.80. The van der Waals surface area contributed by atoms with Crippen LogP contribution in [0.4, 0.5) is 5.69 Å². The van der Waals surface area contributed by atoms with Crippen LogP contribution in [0.3, 0.4) is 0 Å². The first-order valence-electron chi connectivity index (χ1n) is 11.6. The lowest BCUT2D eigenvalue weighted by molar-refractivity contribution is -0.134. The SMILES string of the molecule is CCC(=O)Oc1c(NS(=O)(=O)N(CC(C)C)CC(C)C)cccc1Oc1nccc2cnccc12.